The van der Waals surface area contributed by atoms with Crippen LogP contribution in [0.2, 0.25) is 0 Å². The van der Waals surface area contributed by atoms with Crippen LogP contribution >= 0.6 is 0 Å². The highest BCUT2D eigenvalue weighted by Crippen LogP contribution is 2.22. The largest absolute Gasteiger partial charge is 0.491 e. The lowest BCUT2D eigenvalue weighted by Crippen LogP contribution is -2.29. The van der Waals surface area contributed by atoms with Crippen molar-refractivity contribution in [2.45, 2.75) is 19.2 Å². The summed E-state index contributed by atoms with van der Waals surface area (Å²) in [5.41, 5.74) is 0.611. The summed E-state index contributed by atoms with van der Waals surface area (Å²) in [7, 11) is 0. The Kier molecular flexibility index (Phi) is 6.23. The summed E-state index contributed by atoms with van der Waals surface area (Å²) >= 11 is 0. The maximum absolute atomic E-state index is 12.2. The molecule has 0 fully saturated rings. The third-order valence-electron chi connectivity index (χ3n) is 2.46. The molecule has 1 aromatic rings. The van der Waals surface area contributed by atoms with Crippen LogP contribution in [0.25, 0.3) is 6.08 Å². The van der Waals surface area contributed by atoms with Crippen LogP contribution in [-0.2, 0) is 9.53 Å². The standard InChI is InChI=1S/C14H15F3O4/c1-10(14(15,16)17)20-7-8-21-12-4-2-3-11(9-12)5-6-13(18)19/h2-6,9-10H,7-8H2,1H3,(H,18,19). The molecule has 0 saturated carbocycles. The van der Waals surface area contributed by atoms with Gasteiger partial charge in [-0.3, -0.25) is 0 Å². The highest BCUT2D eigenvalue weighted by molar-refractivity contribution is 5.85. The van der Waals surface area contributed by atoms with Gasteiger partial charge in [-0.05, 0) is 30.7 Å². The van der Waals surface area contributed by atoms with Crippen molar-refractivity contribution in [1.82, 2.24) is 0 Å². The predicted molar refractivity (Wildman–Crippen MR) is 70.1 cm³/mol. The molecule has 1 N–H and O–H groups in total. The SMILES string of the molecule is CC(OCCOc1cccc(C=CC(=O)O)c1)C(F)(F)F. The van der Waals surface area contributed by atoms with Crippen LogP contribution in [0.5, 0.6) is 5.75 Å². The minimum absolute atomic E-state index is 0.0352. The number of carbonyl (C=O) groups is 1. The molecule has 0 aliphatic heterocycles. The van der Waals surface area contributed by atoms with E-state index >= 15 is 0 Å². The van der Waals surface area contributed by atoms with Crippen molar-refractivity contribution in [1.29, 1.82) is 0 Å². The minimum atomic E-state index is -4.39. The molecule has 0 radical (unpaired) electrons. The predicted octanol–water partition coefficient (Wildman–Crippen LogP) is 3.13. The molecule has 0 saturated heterocycles. The molecule has 0 aromatic heterocycles. The molecular weight excluding hydrogens is 289 g/mol. The van der Waals surface area contributed by atoms with E-state index in [4.69, 9.17) is 9.84 Å². The average molecular weight is 304 g/mol. The van der Waals surface area contributed by atoms with Crippen LogP contribution in [-0.4, -0.2) is 36.6 Å². The maximum Gasteiger partial charge on any atom is 0.414 e. The second kappa shape index (κ2) is 7.68. The third kappa shape index (κ3) is 6.80. The Hall–Kier alpha value is -2.02. The third-order valence-corrected chi connectivity index (χ3v) is 2.46. The number of hydrogen-bond acceptors (Lipinski definition) is 3. The molecule has 1 atom stereocenters. The quantitative estimate of drug-likeness (QED) is 0.621. The fourth-order valence-corrected chi connectivity index (χ4v) is 1.35. The van der Waals surface area contributed by atoms with E-state index in [9.17, 15) is 18.0 Å². The number of hydrogen-bond donors (Lipinski definition) is 1. The molecular formula is C14H15F3O4. The van der Waals surface area contributed by atoms with Gasteiger partial charge in [0.25, 0.3) is 0 Å². The van der Waals surface area contributed by atoms with Gasteiger partial charge in [0, 0.05) is 6.08 Å². The van der Waals surface area contributed by atoms with Crippen LogP contribution in [0.3, 0.4) is 0 Å². The van der Waals surface area contributed by atoms with Crippen molar-refractivity contribution in [2.24, 2.45) is 0 Å². The van der Waals surface area contributed by atoms with E-state index in [1.54, 1.807) is 24.3 Å². The number of aliphatic carboxylic acids is 1. The molecule has 21 heavy (non-hydrogen) atoms. The lowest BCUT2D eigenvalue weighted by molar-refractivity contribution is -0.215. The molecule has 1 unspecified atom stereocenters. The van der Waals surface area contributed by atoms with Gasteiger partial charge in [0.1, 0.15) is 12.4 Å². The summed E-state index contributed by atoms with van der Waals surface area (Å²) in [4.78, 5) is 10.4. The Balaban J connectivity index is 2.42. The zero-order valence-electron chi connectivity index (χ0n) is 11.3. The van der Waals surface area contributed by atoms with Gasteiger partial charge < -0.3 is 14.6 Å². The molecule has 0 amide bonds. The van der Waals surface area contributed by atoms with E-state index in [2.05, 4.69) is 4.74 Å². The maximum atomic E-state index is 12.2. The lowest BCUT2D eigenvalue weighted by Gasteiger charge is -2.16. The monoisotopic (exact) mass is 304 g/mol. The first-order valence-corrected chi connectivity index (χ1v) is 6.11. The van der Waals surface area contributed by atoms with Crippen LogP contribution in [0, 0.1) is 0 Å². The molecule has 1 aromatic carbocycles. The Morgan fingerprint density at radius 3 is 2.71 bits per heavy atom. The summed E-state index contributed by atoms with van der Waals surface area (Å²) < 4.78 is 46.4. The normalized spacial score (nSPS) is 13.3. The van der Waals surface area contributed by atoms with Gasteiger partial charge in [0.2, 0.25) is 0 Å². The summed E-state index contributed by atoms with van der Waals surface area (Å²) in [6.45, 7) is 0.694. The summed E-state index contributed by atoms with van der Waals surface area (Å²) in [5.74, 6) is -0.651. The molecule has 7 heteroatoms. The van der Waals surface area contributed by atoms with E-state index in [-0.39, 0.29) is 13.2 Å². The van der Waals surface area contributed by atoms with Gasteiger partial charge in [-0.25, -0.2) is 4.79 Å². The van der Waals surface area contributed by atoms with Crippen molar-refractivity contribution in [3.05, 3.63) is 35.9 Å². The highest BCUT2D eigenvalue weighted by Gasteiger charge is 2.36. The lowest BCUT2D eigenvalue weighted by atomic mass is 10.2. The smallest absolute Gasteiger partial charge is 0.414 e. The molecule has 0 aliphatic carbocycles. The van der Waals surface area contributed by atoms with E-state index < -0.39 is 18.2 Å². The van der Waals surface area contributed by atoms with Gasteiger partial charge >= 0.3 is 12.1 Å². The Bertz CT molecular complexity index is 497. The van der Waals surface area contributed by atoms with Gasteiger partial charge in [-0.1, -0.05) is 12.1 Å². The van der Waals surface area contributed by atoms with Crippen LogP contribution in [0.1, 0.15) is 12.5 Å². The number of carboxylic acid groups (broad SMARTS) is 1. The van der Waals surface area contributed by atoms with Crippen molar-refractivity contribution in [3.63, 3.8) is 0 Å². The van der Waals surface area contributed by atoms with E-state index in [0.29, 0.717) is 11.3 Å². The number of halogens is 3. The molecule has 0 aliphatic rings. The number of ether oxygens (including phenoxy) is 2. The number of benzene rings is 1. The summed E-state index contributed by atoms with van der Waals surface area (Å²) in [5, 5.41) is 8.51. The minimum Gasteiger partial charge on any atom is -0.491 e. The zero-order valence-corrected chi connectivity index (χ0v) is 11.3. The highest BCUT2D eigenvalue weighted by atomic mass is 19.4. The van der Waals surface area contributed by atoms with E-state index in [1.807, 2.05) is 0 Å². The second-order valence-electron chi connectivity index (χ2n) is 4.15. The second-order valence-corrected chi connectivity index (χ2v) is 4.15. The molecule has 0 heterocycles. The van der Waals surface area contributed by atoms with Crippen LogP contribution in [0.15, 0.2) is 30.3 Å². The fourth-order valence-electron chi connectivity index (χ4n) is 1.35. The first kappa shape index (κ1) is 17.0. The first-order chi connectivity index (χ1) is 9.79. The first-order valence-electron chi connectivity index (χ1n) is 6.11. The Labute approximate surface area is 119 Å². The Morgan fingerprint density at radius 1 is 1.38 bits per heavy atom. The average Bonchev–Trinajstić information content (AvgIpc) is 2.40. The summed E-state index contributed by atoms with van der Waals surface area (Å²) in [6, 6.07) is 6.52. The zero-order chi connectivity index (χ0) is 15.9. The van der Waals surface area contributed by atoms with Crippen LogP contribution in [0.4, 0.5) is 13.2 Å². The van der Waals surface area contributed by atoms with Crippen molar-refractivity contribution >= 4 is 12.0 Å². The van der Waals surface area contributed by atoms with E-state index in [1.165, 1.54) is 6.08 Å². The van der Waals surface area contributed by atoms with Crippen LogP contribution < -0.4 is 4.74 Å². The van der Waals surface area contributed by atoms with E-state index in [0.717, 1.165) is 13.0 Å². The molecule has 0 spiro atoms. The van der Waals surface area contributed by atoms with Gasteiger partial charge in [-0.15, -0.1) is 0 Å². The number of alkyl halides is 3. The number of rotatable bonds is 7. The molecule has 0 bridgehead atoms. The van der Waals surface area contributed by atoms with Gasteiger partial charge in [0.15, 0.2) is 6.10 Å². The van der Waals surface area contributed by atoms with Gasteiger partial charge in [-0.2, -0.15) is 13.2 Å². The summed E-state index contributed by atoms with van der Waals surface area (Å²) in [6.07, 6.45) is -3.86. The topological polar surface area (TPSA) is 55.8 Å². The molecule has 1 rings (SSSR count). The van der Waals surface area contributed by atoms with Crippen molar-refractivity contribution in [3.8, 4) is 5.75 Å². The molecule has 4 nitrogen and oxygen atoms in total. The van der Waals surface area contributed by atoms with Gasteiger partial charge in [0.05, 0.1) is 6.61 Å². The fraction of sp³-hybridized carbons (Fsp3) is 0.357. The van der Waals surface area contributed by atoms with Crippen molar-refractivity contribution < 1.29 is 32.5 Å². The van der Waals surface area contributed by atoms with Crippen molar-refractivity contribution in [2.75, 3.05) is 13.2 Å². The number of carboxylic acids is 1. The molecule has 116 valence electrons. The Morgan fingerprint density at radius 2 is 2.10 bits per heavy atom.